The lowest BCUT2D eigenvalue weighted by molar-refractivity contribution is -0.141. The second-order valence-electron chi connectivity index (χ2n) is 5.76. The molecule has 1 aliphatic carbocycles. The highest BCUT2D eigenvalue weighted by Crippen LogP contribution is 2.26. The van der Waals surface area contributed by atoms with Gasteiger partial charge in [-0.25, -0.2) is 0 Å². The minimum Gasteiger partial charge on any atom is -0.481 e. The first-order valence-corrected chi connectivity index (χ1v) is 7.46. The number of rotatable bonds is 6. The highest BCUT2D eigenvalue weighted by molar-refractivity contribution is 5.80. The van der Waals surface area contributed by atoms with Gasteiger partial charge in [0.25, 0.3) is 0 Å². The van der Waals surface area contributed by atoms with Crippen molar-refractivity contribution in [1.29, 1.82) is 0 Å². The van der Waals surface area contributed by atoms with E-state index >= 15 is 0 Å². The standard InChI is InChI=1S/C14H24N2O4/c1-2-5-15-12-8-20-7-11(12)13(17)16-10-4-3-9(6-10)14(18)19/h9-12,15H,2-8H2,1H3,(H,16,17)(H,18,19)/t9-,10+,11?,12?/m1/s1. The Bertz CT molecular complexity index is 361. The maximum absolute atomic E-state index is 12.3. The second-order valence-corrected chi connectivity index (χ2v) is 5.76. The molecule has 6 nitrogen and oxygen atoms in total. The number of carbonyl (C=O) groups is 2. The average molecular weight is 284 g/mol. The number of ether oxygens (including phenoxy) is 1. The largest absolute Gasteiger partial charge is 0.481 e. The number of nitrogens with one attached hydrogen (secondary N) is 2. The number of carbonyl (C=O) groups excluding carboxylic acids is 1. The molecule has 2 fully saturated rings. The minimum absolute atomic E-state index is 0.00368. The number of hydrogen-bond donors (Lipinski definition) is 3. The smallest absolute Gasteiger partial charge is 0.306 e. The summed E-state index contributed by atoms with van der Waals surface area (Å²) < 4.78 is 5.39. The Hall–Kier alpha value is -1.14. The molecule has 0 aromatic heterocycles. The Kier molecular flexibility index (Phi) is 5.37. The van der Waals surface area contributed by atoms with Crippen LogP contribution >= 0.6 is 0 Å². The Morgan fingerprint density at radius 3 is 2.75 bits per heavy atom. The van der Waals surface area contributed by atoms with Gasteiger partial charge in [0.1, 0.15) is 0 Å². The third-order valence-electron chi connectivity index (χ3n) is 4.20. The molecule has 2 unspecified atom stereocenters. The molecule has 0 aromatic rings. The summed E-state index contributed by atoms with van der Waals surface area (Å²) in [4.78, 5) is 23.2. The molecule has 0 aromatic carbocycles. The lowest BCUT2D eigenvalue weighted by atomic mass is 10.0. The Morgan fingerprint density at radius 1 is 1.30 bits per heavy atom. The van der Waals surface area contributed by atoms with Crippen molar-refractivity contribution in [2.75, 3.05) is 19.8 Å². The van der Waals surface area contributed by atoms with Gasteiger partial charge in [0.2, 0.25) is 5.91 Å². The van der Waals surface area contributed by atoms with E-state index in [1.807, 2.05) is 0 Å². The van der Waals surface area contributed by atoms with Crippen LogP contribution in [0.1, 0.15) is 32.6 Å². The molecule has 114 valence electrons. The molecule has 20 heavy (non-hydrogen) atoms. The average Bonchev–Trinajstić information content (AvgIpc) is 3.04. The normalized spacial score (nSPS) is 33.2. The van der Waals surface area contributed by atoms with Crippen molar-refractivity contribution in [2.24, 2.45) is 11.8 Å². The van der Waals surface area contributed by atoms with Crippen molar-refractivity contribution < 1.29 is 19.4 Å². The summed E-state index contributed by atoms with van der Waals surface area (Å²) >= 11 is 0. The van der Waals surface area contributed by atoms with E-state index in [1.54, 1.807) is 0 Å². The summed E-state index contributed by atoms with van der Waals surface area (Å²) in [5.41, 5.74) is 0. The van der Waals surface area contributed by atoms with Crippen LogP contribution in [-0.4, -0.2) is 48.8 Å². The molecule has 2 rings (SSSR count). The Morgan fingerprint density at radius 2 is 2.10 bits per heavy atom. The highest BCUT2D eigenvalue weighted by atomic mass is 16.5. The van der Waals surface area contributed by atoms with Gasteiger partial charge in [-0.2, -0.15) is 0 Å². The van der Waals surface area contributed by atoms with Crippen LogP contribution in [-0.2, 0) is 14.3 Å². The van der Waals surface area contributed by atoms with E-state index in [1.165, 1.54) is 0 Å². The van der Waals surface area contributed by atoms with Gasteiger partial charge in [0.15, 0.2) is 0 Å². The third kappa shape index (κ3) is 3.70. The molecule has 0 spiro atoms. The topological polar surface area (TPSA) is 87.7 Å². The van der Waals surface area contributed by atoms with Crippen molar-refractivity contribution in [3.63, 3.8) is 0 Å². The molecule has 0 radical (unpaired) electrons. The maximum Gasteiger partial charge on any atom is 0.306 e. The minimum atomic E-state index is -0.756. The summed E-state index contributed by atoms with van der Waals surface area (Å²) in [6.45, 7) is 3.98. The number of aliphatic carboxylic acids is 1. The highest BCUT2D eigenvalue weighted by Gasteiger charge is 2.36. The van der Waals surface area contributed by atoms with Gasteiger partial charge in [-0.15, -0.1) is 0 Å². The quantitative estimate of drug-likeness (QED) is 0.656. The van der Waals surface area contributed by atoms with Crippen molar-refractivity contribution in [1.82, 2.24) is 10.6 Å². The van der Waals surface area contributed by atoms with E-state index < -0.39 is 5.97 Å². The van der Waals surface area contributed by atoms with Crippen LogP contribution in [0.2, 0.25) is 0 Å². The van der Waals surface area contributed by atoms with E-state index in [-0.39, 0.29) is 29.8 Å². The van der Waals surface area contributed by atoms with Gasteiger partial charge in [0.05, 0.1) is 25.0 Å². The molecule has 4 atom stereocenters. The van der Waals surface area contributed by atoms with Crippen LogP contribution in [0, 0.1) is 11.8 Å². The number of carboxylic acid groups (broad SMARTS) is 1. The van der Waals surface area contributed by atoms with Crippen LogP contribution in [0.5, 0.6) is 0 Å². The zero-order chi connectivity index (χ0) is 14.5. The molecule has 1 aliphatic heterocycles. The molecule has 1 heterocycles. The fraction of sp³-hybridized carbons (Fsp3) is 0.857. The van der Waals surface area contributed by atoms with Crippen molar-refractivity contribution >= 4 is 11.9 Å². The van der Waals surface area contributed by atoms with Crippen LogP contribution in [0.15, 0.2) is 0 Å². The second kappa shape index (κ2) is 7.04. The first-order chi connectivity index (χ1) is 9.61. The maximum atomic E-state index is 12.3. The Balaban J connectivity index is 1.81. The van der Waals surface area contributed by atoms with Gasteiger partial charge in [-0.3, -0.25) is 9.59 Å². The monoisotopic (exact) mass is 284 g/mol. The first kappa shape index (κ1) is 15.3. The zero-order valence-electron chi connectivity index (χ0n) is 11.9. The van der Waals surface area contributed by atoms with Crippen molar-refractivity contribution in [3.05, 3.63) is 0 Å². The zero-order valence-corrected chi connectivity index (χ0v) is 11.9. The fourth-order valence-electron chi connectivity index (χ4n) is 2.99. The number of amides is 1. The molecule has 2 aliphatic rings. The van der Waals surface area contributed by atoms with Gasteiger partial charge >= 0.3 is 5.97 Å². The van der Waals surface area contributed by atoms with Crippen LogP contribution in [0.4, 0.5) is 0 Å². The van der Waals surface area contributed by atoms with Crippen LogP contribution < -0.4 is 10.6 Å². The SMILES string of the molecule is CCCNC1COCC1C(=O)N[C@H]1CC[C@@H](C(=O)O)C1. The molecule has 3 N–H and O–H groups in total. The van der Waals surface area contributed by atoms with Gasteiger partial charge in [-0.1, -0.05) is 6.92 Å². The van der Waals surface area contributed by atoms with E-state index in [4.69, 9.17) is 9.84 Å². The predicted molar refractivity (Wildman–Crippen MR) is 73.3 cm³/mol. The summed E-state index contributed by atoms with van der Waals surface area (Å²) in [7, 11) is 0. The lowest BCUT2D eigenvalue weighted by Gasteiger charge is -2.21. The summed E-state index contributed by atoms with van der Waals surface area (Å²) in [5, 5.41) is 15.3. The summed E-state index contributed by atoms with van der Waals surface area (Å²) in [5.74, 6) is -1.24. The number of hydrogen-bond acceptors (Lipinski definition) is 4. The molecule has 1 saturated carbocycles. The summed E-state index contributed by atoms with van der Waals surface area (Å²) in [6, 6.07) is 0.0719. The van der Waals surface area contributed by atoms with E-state index in [0.717, 1.165) is 19.4 Å². The fourth-order valence-corrected chi connectivity index (χ4v) is 2.99. The van der Waals surface area contributed by atoms with E-state index in [0.29, 0.717) is 26.1 Å². The molecular formula is C14H24N2O4. The first-order valence-electron chi connectivity index (χ1n) is 7.46. The molecule has 6 heteroatoms. The van der Waals surface area contributed by atoms with Crippen LogP contribution in [0.3, 0.4) is 0 Å². The van der Waals surface area contributed by atoms with Crippen molar-refractivity contribution in [3.8, 4) is 0 Å². The van der Waals surface area contributed by atoms with Gasteiger partial charge < -0.3 is 20.5 Å². The lowest BCUT2D eigenvalue weighted by Crippen LogP contribution is -2.46. The third-order valence-corrected chi connectivity index (χ3v) is 4.20. The van der Waals surface area contributed by atoms with Gasteiger partial charge in [-0.05, 0) is 32.2 Å². The Labute approximate surface area is 119 Å². The molecule has 0 bridgehead atoms. The van der Waals surface area contributed by atoms with Crippen LogP contribution in [0.25, 0.3) is 0 Å². The molecule has 1 amide bonds. The van der Waals surface area contributed by atoms with E-state index in [9.17, 15) is 9.59 Å². The molecule has 1 saturated heterocycles. The van der Waals surface area contributed by atoms with Crippen molar-refractivity contribution in [2.45, 2.75) is 44.7 Å². The van der Waals surface area contributed by atoms with Gasteiger partial charge in [0, 0.05) is 12.1 Å². The predicted octanol–water partition coefficient (Wildman–Crippen LogP) is 0.371. The van der Waals surface area contributed by atoms with E-state index in [2.05, 4.69) is 17.6 Å². The number of carboxylic acids is 1. The molecular weight excluding hydrogens is 260 g/mol. The summed E-state index contributed by atoms with van der Waals surface area (Å²) in [6.07, 6.45) is 2.97.